The molecule has 1 heterocycles. The minimum atomic E-state index is 0.210. The zero-order valence-electron chi connectivity index (χ0n) is 10.3. The van der Waals surface area contributed by atoms with E-state index < -0.39 is 0 Å². The van der Waals surface area contributed by atoms with E-state index in [-0.39, 0.29) is 5.75 Å². The van der Waals surface area contributed by atoms with Crippen molar-refractivity contribution in [3.63, 3.8) is 0 Å². The number of phenolic OH excluding ortho intramolecular Hbond substituents is 1. The maximum Gasteiger partial charge on any atom is 0.191 e. The Morgan fingerprint density at radius 1 is 1.33 bits per heavy atom. The van der Waals surface area contributed by atoms with Crippen LogP contribution in [0.1, 0.15) is 0 Å². The third-order valence-electron chi connectivity index (χ3n) is 2.50. The maximum atomic E-state index is 9.80. The molecule has 1 aromatic carbocycles. The summed E-state index contributed by atoms with van der Waals surface area (Å²) in [7, 11) is 3.56. The minimum Gasteiger partial charge on any atom is -0.507 e. The highest BCUT2D eigenvalue weighted by Gasteiger charge is 2.13. The van der Waals surface area contributed by atoms with Gasteiger partial charge >= 0.3 is 0 Å². The molecule has 1 N–H and O–H groups in total. The Balaban J connectivity index is 2.23. The molecule has 0 aliphatic rings. The minimum absolute atomic E-state index is 0.210. The summed E-state index contributed by atoms with van der Waals surface area (Å²) in [4.78, 5) is 0. The topological polar surface area (TPSA) is 60.2 Å². The van der Waals surface area contributed by atoms with Gasteiger partial charge in [-0.15, -0.1) is 10.2 Å². The molecule has 0 aliphatic carbocycles. The largest absolute Gasteiger partial charge is 0.507 e. The Bertz CT molecular complexity index is 528. The van der Waals surface area contributed by atoms with Gasteiger partial charge in [0.1, 0.15) is 5.75 Å². The molecule has 0 saturated heterocycles. The number of ether oxygens (including phenoxy) is 1. The highest BCUT2D eigenvalue weighted by molar-refractivity contribution is 7.99. The molecule has 2 aromatic rings. The van der Waals surface area contributed by atoms with Gasteiger partial charge in [-0.3, -0.25) is 0 Å². The van der Waals surface area contributed by atoms with E-state index in [1.165, 1.54) is 0 Å². The van der Waals surface area contributed by atoms with Gasteiger partial charge in [0.25, 0.3) is 0 Å². The number of phenols is 1. The molecule has 96 valence electrons. The molecule has 5 nitrogen and oxygen atoms in total. The van der Waals surface area contributed by atoms with Crippen LogP contribution in [0.3, 0.4) is 0 Å². The summed E-state index contributed by atoms with van der Waals surface area (Å²) in [6, 6.07) is 7.11. The van der Waals surface area contributed by atoms with Crippen molar-refractivity contribution in [2.45, 2.75) is 5.16 Å². The van der Waals surface area contributed by atoms with Crippen molar-refractivity contribution in [2.75, 3.05) is 19.5 Å². The molecular formula is C12H15N3O2S. The normalized spacial score (nSPS) is 10.8. The lowest BCUT2D eigenvalue weighted by Gasteiger charge is -2.05. The number of nitrogens with zero attached hydrogens (tertiary/aromatic N) is 3. The molecule has 6 heteroatoms. The Kier molecular flexibility index (Phi) is 4.22. The SMILES string of the molecule is COCCSc1nnc(-c2ccccc2O)n1C. The van der Waals surface area contributed by atoms with E-state index in [2.05, 4.69) is 10.2 Å². The second-order valence-electron chi connectivity index (χ2n) is 3.72. The first-order valence-electron chi connectivity index (χ1n) is 5.53. The number of thioether (sulfide) groups is 1. The van der Waals surface area contributed by atoms with Crippen LogP contribution in [0.4, 0.5) is 0 Å². The van der Waals surface area contributed by atoms with Crippen molar-refractivity contribution in [3.8, 4) is 17.1 Å². The van der Waals surface area contributed by atoms with Gasteiger partial charge in [-0.1, -0.05) is 23.9 Å². The van der Waals surface area contributed by atoms with E-state index >= 15 is 0 Å². The fraction of sp³-hybridized carbons (Fsp3) is 0.333. The zero-order valence-corrected chi connectivity index (χ0v) is 11.1. The Labute approximate surface area is 110 Å². The molecule has 0 amide bonds. The maximum absolute atomic E-state index is 9.80. The summed E-state index contributed by atoms with van der Waals surface area (Å²) >= 11 is 1.58. The average Bonchev–Trinajstić information content (AvgIpc) is 2.72. The second kappa shape index (κ2) is 5.88. The summed E-state index contributed by atoms with van der Waals surface area (Å²) in [6.07, 6.45) is 0. The van der Waals surface area contributed by atoms with E-state index in [4.69, 9.17) is 4.74 Å². The Morgan fingerprint density at radius 2 is 2.11 bits per heavy atom. The third-order valence-corrected chi connectivity index (χ3v) is 3.48. The predicted molar refractivity (Wildman–Crippen MR) is 70.7 cm³/mol. The average molecular weight is 265 g/mol. The number of aromatic nitrogens is 3. The molecule has 0 aliphatic heterocycles. The molecule has 0 radical (unpaired) electrons. The van der Waals surface area contributed by atoms with Crippen LogP contribution in [0.2, 0.25) is 0 Å². The summed E-state index contributed by atoms with van der Waals surface area (Å²) in [6.45, 7) is 0.670. The van der Waals surface area contributed by atoms with E-state index in [1.807, 2.05) is 23.7 Å². The number of hydrogen-bond donors (Lipinski definition) is 1. The summed E-state index contributed by atoms with van der Waals surface area (Å²) < 4.78 is 6.87. The van der Waals surface area contributed by atoms with Gasteiger partial charge in [-0.05, 0) is 12.1 Å². The van der Waals surface area contributed by atoms with Crippen molar-refractivity contribution in [3.05, 3.63) is 24.3 Å². The predicted octanol–water partition coefficient (Wildman–Crippen LogP) is 1.93. The first-order chi connectivity index (χ1) is 8.74. The van der Waals surface area contributed by atoms with Gasteiger partial charge < -0.3 is 14.4 Å². The van der Waals surface area contributed by atoms with Crippen LogP contribution in [0.25, 0.3) is 11.4 Å². The first kappa shape index (κ1) is 12.9. The van der Waals surface area contributed by atoms with Gasteiger partial charge in [0, 0.05) is 19.9 Å². The lowest BCUT2D eigenvalue weighted by molar-refractivity contribution is 0.218. The van der Waals surface area contributed by atoms with Gasteiger partial charge in [0.05, 0.1) is 12.2 Å². The molecule has 0 fully saturated rings. The standard InChI is InChI=1S/C12H15N3O2S/c1-15-11(9-5-3-4-6-10(9)16)13-14-12(15)18-8-7-17-2/h3-6,16H,7-8H2,1-2H3. The van der Waals surface area contributed by atoms with Crippen LogP contribution in [0, 0.1) is 0 Å². The number of rotatable bonds is 5. The monoisotopic (exact) mass is 265 g/mol. The van der Waals surface area contributed by atoms with Crippen molar-refractivity contribution in [1.82, 2.24) is 14.8 Å². The van der Waals surface area contributed by atoms with Crippen LogP contribution in [0.15, 0.2) is 29.4 Å². The highest BCUT2D eigenvalue weighted by Crippen LogP contribution is 2.28. The summed E-state index contributed by atoms with van der Waals surface area (Å²) in [5.41, 5.74) is 0.686. The number of para-hydroxylation sites is 1. The van der Waals surface area contributed by atoms with Gasteiger partial charge in [-0.2, -0.15) is 0 Å². The van der Waals surface area contributed by atoms with Gasteiger partial charge in [0.15, 0.2) is 11.0 Å². The number of methoxy groups -OCH3 is 1. The number of hydrogen-bond acceptors (Lipinski definition) is 5. The molecule has 18 heavy (non-hydrogen) atoms. The zero-order chi connectivity index (χ0) is 13.0. The van der Waals surface area contributed by atoms with Crippen molar-refractivity contribution < 1.29 is 9.84 Å². The van der Waals surface area contributed by atoms with E-state index in [1.54, 1.807) is 31.0 Å². The van der Waals surface area contributed by atoms with Gasteiger partial charge in [-0.25, -0.2) is 0 Å². The van der Waals surface area contributed by atoms with Crippen molar-refractivity contribution in [1.29, 1.82) is 0 Å². The van der Waals surface area contributed by atoms with Crippen molar-refractivity contribution >= 4 is 11.8 Å². The van der Waals surface area contributed by atoms with Crippen LogP contribution >= 0.6 is 11.8 Å². The Morgan fingerprint density at radius 3 is 2.83 bits per heavy atom. The smallest absolute Gasteiger partial charge is 0.191 e. The molecule has 0 spiro atoms. The fourth-order valence-electron chi connectivity index (χ4n) is 1.55. The lowest BCUT2D eigenvalue weighted by atomic mass is 10.2. The van der Waals surface area contributed by atoms with Crippen LogP contribution in [-0.2, 0) is 11.8 Å². The van der Waals surface area contributed by atoms with E-state index in [9.17, 15) is 5.11 Å². The molecule has 0 unspecified atom stereocenters. The van der Waals surface area contributed by atoms with E-state index in [0.29, 0.717) is 18.0 Å². The quantitative estimate of drug-likeness (QED) is 0.661. The van der Waals surface area contributed by atoms with Crippen LogP contribution in [-0.4, -0.2) is 39.3 Å². The van der Waals surface area contributed by atoms with Gasteiger partial charge in [0.2, 0.25) is 0 Å². The second-order valence-corrected chi connectivity index (χ2v) is 4.79. The summed E-state index contributed by atoms with van der Waals surface area (Å²) in [5.74, 6) is 1.69. The molecule has 1 aromatic heterocycles. The molecule has 0 atom stereocenters. The van der Waals surface area contributed by atoms with Crippen LogP contribution in [0.5, 0.6) is 5.75 Å². The first-order valence-corrected chi connectivity index (χ1v) is 6.52. The number of benzene rings is 1. The van der Waals surface area contributed by atoms with Crippen molar-refractivity contribution in [2.24, 2.45) is 7.05 Å². The molecule has 2 rings (SSSR count). The van der Waals surface area contributed by atoms with Crippen LogP contribution < -0.4 is 0 Å². The molecule has 0 saturated carbocycles. The Hall–Kier alpha value is -1.53. The summed E-state index contributed by atoms with van der Waals surface area (Å²) in [5, 5.41) is 18.8. The molecular weight excluding hydrogens is 250 g/mol. The highest BCUT2D eigenvalue weighted by atomic mass is 32.2. The lowest BCUT2D eigenvalue weighted by Crippen LogP contribution is -1.97. The third kappa shape index (κ3) is 2.65. The van der Waals surface area contributed by atoms with E-state index in [0.717, 1.165) is 10.9 Å². The number of aromatic hydroxyl groups is 1. The fourth-order valence-corrected chi connectivity index (χ4v) is 2.37. The molecule has 0 bridgehead atoms.